The summed E-state index contributed by atoms with van der Waals surface area (Å²) in [5.74, 6) is -0.0138. The summed E-state index contributed by atoms with van der Waals surface area (Å²) in [5.41, 5.74) is 2.46. The minimum atomic E-state index is -0.0138. The Bertz CT molecular complexity index is 532. The number of fused-ring (bicyclic) bond motifs is 1. The van der Waals surface area contributed by atoms with E-state index in [0.29, 0.717) is 5.71 Å². The number of nitrogens with zero attached hydrogens (tertiary/aromatic N) is 4. The minimum absolute atomic E-state index is 0.0138. The van der Waals surface area contributed by atoms with Crippen LogP contribution in [-0.2, 0) is 4.79 Å². The zero-order chi connectivity index (χ0) is 13.4. The number of amides is 1. The molecule has 5 nitrogen and oxygen atoms in total. The van der Waals surface area contributed by atoms with Gasteiger partial charge in [-0.05, 0) is 13.1 Å². The lowest BCUT2D eigenvalue weighted by atomic mass is 10.1. The van der Waals surface area contributed by atoms with Crippen molar-refractivity contribution in [2.75, 3.05) is 45.2 Å². The molecule has 0 N–H and O–H groups in total. The van der Waals surface area contributed by atoms with E-state index in [4.69, 9.17) is 0 Å². The number of anilines is 1. The van der Waals surface area contributed by atoms with Crippen LogP contribution >= 0.6 is 0 Å². The first kappa shape index (κ1) is 12.2. The van der Waals surface area contributed by atoms with Crippen molar-refractivity contribution in [1.29, 1.82) is 0 Å². The lowest BCUT2D eigenvalue weighted by Crippen LogP contribution is -2.42. The van der Waals surface area contributed by atoms with E-state index in [2.05, 4.69) is 17.0 Å². The average molecular weight is 258 g/mol. The number of rotatable bonds is 1. The van der Waals surface area contributed by atoms with E-state index in [1.54, 1.807) is 11.9 Å². The Morgan fingerprint density at radius 2 is 1.74 bits per heavy atom. The summed E-state index contributed by atoms with van der Waals surface area (Å²) in [6, 6.07) is 7.82. The van der Waals surface area contributed by atoms with Gasteiger partial charge in [0.2, 0.25) is 0 Å². The van der Waals surface area contributed by atoms with Gasteiger partial charge in [0.05, 0.1) is 5.69 Å². The van der Waals surface area contributed by atoms with Crippen molar-refractivity contribution in [3.8, 4) is 0 Å². The van der Waals surface area contributed by atoms with E-state index < -0.39 is 0 Å². The van der Waals surface area contributed by atoms with E-state index >= 15 is 0 Å². The minimum Gasteiger partial charge on any atom is -0.309 e. The van der Waals surface area contributed by atoms with Crippen molar-refractivity contribution in [3.63, 3.8) is 0 Å². The molecule has 0 aliphatic carbocycles. The predicted molar refractivity (Wildman–Crippen MR) is 75.5 cm³/mol. The van der Waals surface area contributed by atoms with Gasteiger partial charge in [-0.2, -0.15) is 5.10 Å². The Morgan fingerprint density at radius 1 is 1.05 bits per heavy atom. The van der Waals surface area contributed by atoms with E-state index in [1.165, 1.54) is 0 Å². The Hall–Kier alpha value is -1.88. The lowest BCUT2D eigenvalue weighted by Gasteiger charge is -2.30. The van der Waals surface area contributed by atoms with Crippen LogP contribution in [0.2, 0.25) is 0 Å². The molecule has 100 valence electrons. The van der Waals surface area contributed by atoms with Crippen molar-refractivity contribution in [1.82, 2.24) is 9.91 Å². The van der Waals surface area contributed by atoms with Gasteiger partial charge in [-0.1, -0.05) is 18.2 Å². The fourth-order valence-electron chi connectivity index (χ4n) is 2.48. The monoisotopic (exact) mass is 258 g/mol. The van der Waals surface area contributed by atoms with E-state index in [0.717, 1.165) is 37.4 Å². The van der Waals surface area contributed by atoms with Crippen molar-refractivity contribution in [2.45, 2.75) is 0 Å². The van der Waals surface area contributed by atoms with Crippen LogP contribution < -0.4 is 4.90 Å². The number of hydrogen-bond donors (Lipinski definition) is 0. The first-order valence-corrected chi connectivity index (χ1v) is 6.56. The quantitative estimate of drug-likeness (QED) is 0.741. The number of benzene rings is 1. The molecule has 2 aliphatic rings. The van der Waals surface area contributed by atoms with Crippen molar-refractivity contribution in [3.05, 3.63) is 29.8 Å². The largest absolute Gasteiger partial charge is 0.309 e. The number of hydrazone groups is 1. The average Bonchev–Trinajstić information content (AvgIpc) is 2.67. The molecule has 1 fully saturated rings. The zero-order valence-electron chi connectivity index (χ0n) is 11.3. The molecule has 2 aliphatic heterocycles. The topological polar surface area (TPSA) is 39.1 Å². The zero-order valence-corrected chi connectivity index (χ0v) is 11.3. The molecule has 2 heterocycles. The summed E-state index contributed by atoms with van der Waals surface area (Å²) in [6.45, 7) is 3.73. The number of carbonyl (C=O) groups excluding carboxylic acids is 1. The summed E-state index contributed by atoms with van der Waals surface area (Å²) in [6.07, 6.45) is 0. The molecule has 0 atom stereocenters. The van der Waals surface area contributed by atoms with Crippen molar-refractivity contribution < 1.29 is 4.79 Å². The highest BCUT2D eigenvalue weighted by Gasteiger charge is 2.31. The Morgan fingerprint density at radius 3 is 2.47 bits per heavy atom. The third-order valence-corrected chi connectivity index (χ3v) is 3.75. The smallest absolute Gasteiger partial charge is 0.279 e. The predicted octanol–water partition coefficient (Wildman–Crippen LogP) is 0.614. The Labute approximate surface area is 113 Å². The van der Waals surface area contributed by atoms with Gasteiger partial charge in [-0.3, -0.25) is 9.80 Å². The fraction of sp³-hybridized carbons (Fsp3) is 0.429. The second-order valence-corrected chi connectivity index (χ2v) is 5.09. The molecular weight excluding hydrogens is 240 g/mol. The Kier molecular flexibility index (Phi) is 2.98. The summed E-state index contributed by atoms with van der Waals surface area (Å²) in [5, 5.41) is 6.58. The maximum atomic E-state index is 12.3. The summed E-state index contributed by atoms with van der Waals surface area (Å²) >= 11 is 0. The maximum absolute atomic E-state index is 12.3. The summed E-state index contributed by atoms with van der Waals surface area (Å²) < 4.78 is 0. The molecule has 0 aromatic heterocycles. The standard InChI is InChI=1S/C14H18N4O/c1-16-7-9-18(10-8-16)15-13-11-5-3-4-6-12(11)17(2)14(13)19/h3-6H,7-10H2,1-2H3/b15-13-. The molecule has 0 bridgehead atoms. The van der Waals surface area contributed by atoms with Gasteiger partial charge in [-0.25, -0.2) is 0 Å². The highest BCUT2D eigenvalue weighted by atomic mass is 16.2. The second kappa shape index (κ2) is 4.66. The van der Waals surface area contributed by atoms with Crippen LogP contribution in [0.4, 0.5) is 5.69 Å². The SMILES string of the molecule is CN1CCN(/N=C2\C(=O)N(C)c3ccccc32)CC1. The van der Waals surface area contributed by atoms with Crippen LogP contribution in [0.25, 0.3) is 0 Å². The molecule has 0 spiro atoms. The third kappa shape index (κ3) is 2.10. The van der Waals surface area contributed by atoms with E-state index in [9.17, 15) is 4.79 Å². The van der Waals surface area contributed by atoms with Gasteiger partial charge in [0, 0.05) is 38.8 Å². The highest BCUT2D eigenvalue weighted by molar-refractivity contribution is 6.54. The molecule has 0 unspecified atom stereocenters. The van der Waals surface area contributed by atoms with E-state index in [-0.39, 0.29) is 5.91 Å². The first-order chi connectivity index (χ1) is 9.16. The number of para-hydroxylation sites is 1. The molecule has 0 saturated carbocycles. The van der Waals surface area contributed by atoms with Gasteiger partial charge in [0.15, 0.2) is 5.71 Å². The second-order valence-electron chi connectivity index (χ2n) is 5.09. The van der Waals surface area contributed by atoms with Gasteiger partial charge in [0.25, 0.3) is 5.91 Å². The molecule has 1 amide bonds. The summed E-state index contributed by atoms with van der Waals surface area (Å²) in [4.78, 5) is 16.2. The van der Waals surface area contributed by atoms with Crippen LogP contribution in [0.5, 0.6) is 0 Å². The van der Waals surface area contributed by atoms with Gasteiger partial charge < -0.3 is 9.80 Å². The van der Waals surface area contributed by atoms with Crippen molar-refractivity contribution in [2.24, 2.45) is 5.10 Å². The molecule has 3 rings (SSSR count). The number of likely N-dealkylation sites (N-methyl/N-ethyl adjacent to an activating group) is 2. The van der Waals surface area contributed by atoms with E-state index in [1.807, 2.05) is 29.3 Å². The maximum Gasteiger partial charge on any atom is 0.279 e. The van der Waals surface area contributed by atoms with Crippen LogP contribution in [0, 0.1) is 0 Å². The van der Waals surface area contributed by atoms with Gasteiger partial charge in [-0.15, -0.1) is 0 Å². The molecule has 0 radical (unpaired) electrons. The molecule has 1 saturated heterocycles. The molecule has 1 aromatic carbocycles. The highest BCUT2D eigenvalue weighted by Crippen LogP contribution is 2.27. The van der Waals surface area contributed by atoms with Crippen LogP contribution in [-0.4, -0.2) is 61.8 Å². The fourth-order valence-corrected chi connectivity index (χ4v) is 2.48. The number of hydrogen-bond acceptors (Lipinski definition) is 4. The van der Waals surface area contributed by atoms with Crippen LogP contribution in [0.1, 0.15) is 5.56 Å². The molecule has 5 heteroatoms. The molecule has 1 aromatic rings. The van der Waals surface area contributed by atoms with Crippen LogP contribution in [0.15, 0.2) is 29.4 Å². The lowest BCUT2D eigenvalue weighted by molar-refractivity contribution is -0.112. The Balaban J connectivity index is 1.90. The molecule has 19 heavy (non-hydrogen) atoms. The first-order valence-electron chi connectivity index (χ1n) is 6.56. The third-order valence-electron chi connectivity index (χ3n) is 3.75. The number of piperazine rings is 1. The number of carbonyl (C=O) groups is 1. The van der Waals surface area contributed by atoms with Gasteiger partial charge in [0.1, 0.15) is 0 Å². The van der Waals surface area contributed by atoms with Crippen molar-refractivity contribution >= 4 is 17.3 Å². The normalized spacial score (nSPS) is 22.2. The summed E-state index contributed by atoms with van der Waals surface area (Å²) in [7, 11) is 3.90. The molecular formula is C14H18N4O. The van der Waals surface area contributed by atoms with Gasteiger partial charge >= 0.3 is 0 Å². The van der Waals surface area contributed by atoms with Crippen LogP contribution in [0.3, 0.4) is 0 Å².